The number of nitrogens with one attached hydrogen (secondary N) is 2. The van der Waals surface area contributed by atoms with Crippen LogP contribution in [0.3, 0.4) is 0 Å². The summed E-state index contributed by atoms with van der Waals surface area (Å²) < 4.78 is 7.05. The van der Waals surface area contributed by atoms with Crippen LogP contribution in [-0.4, -0.2) is 29.3 Å². The van der Waals surface area contributed by atoms with E-state index in [9.17, 15) is 4.79 Å². The van der Waals surface area contributed by atoms with Gasteiger partial charge in [0.2, 0.25) is 0 Å². The number of amides is 1. The lowest BCUT2D eigenvalue weighted by Crippen LogP contribution is -2.31. The molecule has 3 rings (SSSR count). The standard InChI is InChI=1S/C17H20N4O2S/c1-3-7-18-16(22)15-11-24-17(20-15)12-9-19-21(10-12)13-5-4-6-14(8-13)23-2/h4-6,8-11,17,20H,3,7H2,1-2H3,(H,18,22). The smallest absolute Gasteiger partial charge is 0.267 e. The largest absolute Gasteiger partial charge is 0.497 e. The van der Waals surface area contributed by atoms with E-state index in [-0.39, 0.29) is 11.3 Å². The van der Waals surface area contributed by atoms with Gasteiger partial charge in [-0.3, -0.25) is 4.79 Å². The second-order valence-electron chi connectivity index (χ2n) is 5.37. The first-order chi connectivity index (χ1) is 11.7. The Morgan fingerprint density at radius 1 is 1.50 bits per heavy atom. The van der Waals surface area contributed by atoms with Crippen LogP contribution in [0.4, 0.5) is 0 Å². The van der Waals surface area contributed by atoms with Crippen LogP contribution in [-0.2, 0) is 4.79 Å². The molecule has 0 radical (unpaired) electrons. The molecule has 126 valence electrons. The summed E-state index contributed by atoms with van der Waals surface area (Å²) >= 11 is 1.57. The average Bonchev–Trinajstić information content (AvgIpc) is 3.28. The van der Waals surface area contributed by atoms with Gasteiger partial charge in [-0.05, 0) is 18.6 Å². The van der Waals surface area contributed by atoms with Crippen LogP contribution in [0.15, 0.2) is 47.8 Å². The lowest BCUT2D eigenvalue weighted by molar-refractivity contribution is -0.117. The minimum Gasteiger partial charge on any atom is -0.497 e. The second-order valence-corrected chi connectivity index (χ2v) is 6.35. The number of hydrogen-bond acceptors (Lipinski definition) is 5. The SMILES string of the molecule is CCCNC(=O)C1=CSC(c2cnn(-c3cccc(OC)c3)c2)N1. The Hall–Kier alpha value is -2.41. The number of carbonyl (C=O) groups is 1. The molecule has 1 amide bonds. The predicted molar refractivity (Wildman–Crippen MR) is 95.0 cm³/mol. The molecule has 2 N–H and O–H groups in total. The first-order valence-corrected chi connectivity index (χ1v) is 8.75. The van der Waals surface area contributed by atoms with Crippen molar-refractivity contribution in [1.82, 2.24) is 20.4 Å². The van der Waals surface area contributed by atoms with E-state index in [1.165, 1.54) is 0 Å². The van der Waals surface area contributed by atoms with Gasteiger partial charge in [-0.2, -0.15) is 5.10 Å². The summed E-state index contributed by atoms with van der Waals surface area (Å²) in [5, 5.41) is 12.4. The lowest BCUT2D eigenvalue weighted by Gasteiger charge is -2.11. The van der Waals surface area contributed by atoms with E-state index in [2.05, 4.69) is 15.7 Å². The molecule has 24 heavy (non-hydrogen) atoms. The molecule has 0 spiro atoms. The van der Waals surface area contributed by atoms with E-state index in [0.29, 0.717) is 12.2 Å². The van der Waals surface area contributed by atoms with Gasteiger partial charge in [-0.1, -0.05) is 13.0 Å². The summed E-state index contributed by atoms with van der Waals surface area (Å²) in [7, 11) is 1.64. The molecule has 1 aromatic carbocycles. The molecular formula is C17H20N4O2S. The highest BCUT2D eigenvalue weighted by Crippen LogP contribution is 2.34. The van der Waals surface area contributed by atoms with E-state index in [1.807, 2.05) is 49.0 Å². The Kier molecular flexibility index (Phi) is 5.10. The molecule has 2 heterocycles. The number of ether oxygens (including phenoxy) is 1. The zero-order valence-electron chi connectivity index (χ0n) is 13.7. The number of nitrogens with zero attached hydrogens (tertiary/aromatic N) is 2. The van der Waals surface area contributed by atoms with Crippen molar-refractivity contribution in [3.05, 3.63) is 53.3 Å². The molecule has 2 aromatic rings. The van der Waals surface area contributed by atoms with Crippen LogP contribution in [0.2, 0.25) is 0 Å². The number of methoxy groups -OCH3 is 1. The Morgan fingerprint density at radius 2 is 2.38 bits per heavy atom. The van der Waals surface area contributed by atoms with Crippen LogP contribution in [0.1, 0.15) is 24.3 Å². The van der Waals surface area contributed by atoms with Crippen molar-refractivity contribution in [2.24, 2.45) is 0 Å². The van der Waals surface area contributed by atoms with Crippen molar-refractivity contribution in [2.45, 2.75) is 18.7 Å². The zero-order chi connectivity index (χ0) is 16.9. The van der Waals surface area contributed by atoms with E-state index >= 15 is 0 Å². The lowest BCUT2D eigenvalue weighted by atomic mass is 10.3. The molecular weight excluding hydrogens is 324 g/mol. The van der Waals surface area contributed by atoms with Crippen molar-refractivity contribution in [1.29, 1.82) is 0 Å². The fourth-order valence-electron chi connectivity index (χ4n) is 2.33. The highest BCUT2D eigenvalue weighted by molar-refractivity contribution is 8.02. The Bertz CT molecular complexity index is 757. The van der Waals surface area contributed by atoms with Crippen molar-refractivity contribution < 1.29 is 9.53 Å². The average molecular weight is 344 g/mol. The third kappa shape index (κ3) is 3.56. The molecule has 1 aliphatic heterocycles. The van der Waals surface area contributed by atoms with E-state index in [0.717, 1.165) is 23.4 Å². The summed E-state index contributed by atoms with van der Waals surface area (Å²) in [5.74, 6) is 0.724. The normalized spacial score (nSPS) is 16.4. The molecule has 6 nitrogen and oxygen atoms in total. The number of hydrogen-bond donors (Lipinski definition) is 2. The maximum absolute atomic E-state index is 12.0. The van der Waals surface area contributed by atoms with Gasteiger partial charge in [0.05, 0.1) is 19.0 Å². The number of benzene rings is 1. The summed E-state index contributed by atoms with van der Waals surface area (Å²) in [6.45, 7) is 2.71. The van der Waals surface area contributed by atoms with Gasteiger partial charge in [0, 0.05) is 29.8 Å². The summed E-state index contributed by atoms with van der Waals surface area (Å²) in [4.78, 5) is 12.0. The van der Waals surface area contributed by atoms with Crippen LogP contribution in [0, 0.1) is 0 Å². The summed E-state index contributed by atoms with van der Waals surface area (Å²) in [5.41, 5.74) is 2.54. The minimum absolute atomic E-state index is 0.00765. The highest BCUT2D eigenvalue weighted by atomic mass is 32.2. The highest BCUT2D eigenvalue weighted by Gasteiger charge is 2.23. The van der Waals surface area contributed by atoms with E-state index in [1.54, 1.807) is 23.6 Å². The molecule has 1 unspecified atom stereocenters. The third-order valence-corrected chi connectivity index (χ3v) is 4.65. The van der Waals surface area contributed by atoms with Gasteiger partial charge < -0.3 is 15.4 Å². The molecule has 0 saturated heterocycles. The first-order valence-electron chi connectivity index (χ1n) is 7.80. The van der Waals surface area contributed by atoms with Crippen molar-refractivity contribution in [3.63, 3.8) is 0 Å². The zero-order valence-corrected chi connectivity index (χ0v) is 14.5. The van der Waals surface area contributed by atoms with Gasteiger partial charge in [0.15, 0.2) is 0 Å². The van der Waals surface area contributed by atoms with Gasteiger partial charge in [0.25, 0.3) is 5.91 Å². The fraction of sp³-hybridized carbons (Fsp3) is 0.294. The first kappa shape index (κ1) is 16.4. The summed E-state index contributed by atoms with van der Waals surface area (Å²) in [6.07, 6.45) is 4.69. The maximum atomic E-state index is 12.0. The maximum Gasteiger partial charge on any atom is 0.267 e. The monoisotopic (exact) mass is 344 g/mol. The number of rotatable bonds is 6. The quantitative estimate of drug-likeness (QED) is 0.843. The number of carbonyl (C=O) groups excluding carboxylic acids is 1. The molecule has 1 aliphatic rings. The van der Waals surface area contributed by atoms with Crippen molar-refractivity contribution >= 4 is 17.7 Å². The van der Waals surface area contributed by atoms with Gasteiger partial charge >= 0.3 is 0 Å². The topological polar surface area (TPSA) is 68.2 Å². The predicted octanol–water partition coefficient (Wildman–Crippen LogP) is 2.58. The van der Waals surface area contributed by atoms with E-state index in [4.69, 9.17) is 4.74 Å². The Balaban J connectivity index is 1.68. The third-order valence-electron chi connectivity index (χ3n) is 3.61. The van der Waals surface area contributed by atoms with Crippen LogP contribution in [0.5, 0.6) is 5.75 Å². The number of aromatic nitrogens is 2. The van der Waals surface area contributed by atoms with Gasteiger partial charge in [-0.15, -0.1) is 11.8 Å². The van der Waals surface area contributed by atoms with Gasteiger partial charge in [0.1, 0.15) is 16.8 Å². The molecule has 0 bridgehead atoms. The van der Waals surface area contributed by atoms with Crippen molar-refractivity contribution in [3.8, 4) is 11.4 Å². The number of thioether (sulfide) groups is 1. The molecule has 0 saturated carbocycles. The van der Waals surface area contributed by atoms with Crippen LogP contribution < -0.4 is 15.4 Å². The second kappa shape index (κ2) is 7.44. The molecule has 1 atom stereocenters. The van der Waals surface area contributed by atoms with Crippen LogP contribution >= 0.6 is 11.8 Å². The summed E-state index contributed by atoms with van der Waals surface area (Å²) in [6, 6.07) is 7.72. The van der Waals surface area contributed by atoms with E-state index < -0.39 is 0 Å². The Labute approximate surface area is 145 Å². The van der Waals surface area contributed by atoms with Crippen molar-refractivity contribution in [2.75, 3.05) is 13.7 Å². The Morgan fingerprint density at radius 3 is 3.17 bits per heavy atom. The fourth-order valence-corrected chi connectivity index (χ4v) is 3.25. The minimum atomic E-state index is -0.0629. The molecule has 1 aromatic heterocycles. The molecule has 0 aliphatic carbocycles. The molecule has 0 fully saturated rings. The van der Waals surface area contributed by atoms with Crippen LogP contribution in [0.25, 0.3) is 5.69 Å². The molecule has 7 heteroatoms. The van der Waals surface area contributed by atoms with Gasteiger partial charge in [-0.25, -0.2) is 4.68 Å².